The Morgan fingerprint density at radius 2 is 1.09 bits per heavy atom. The first-order chi connectivity index (χ1) is 15.3. The first-order valence-corrected chi connectivity index (χ1v) is 12.8. The average Bonchev–Trinajstić information content (AvgIpc) is 2.68. The van der Waals surface area contributed by atoms with Gasteiger partial charge in [-0.25, -0.2) is 0 Å². The summed E-state index contributed by atoms with van der Waals surface area (Å²) in [4.78, 5) is 0. The van der Waals surface area contributed by atoms with E-state index in [1.165, 1.54) is 27.7 Å². The molecule has 0 bridgehead atoms. The van der Waals surface area contributed by atoms with Crippen molar-refractivity contribution in [2.75, 3.05) is 13.2 Å². The van der Waals surface area contributed by atoms with E-state index in [0.29, 0.717) is 6.42 Å². The van der Waals surface area contributed by atoms with E-state index < -0.39 is 73.6 Å². The number of aliphatic hydroxyl groups excluding tert-OH is 1. The molecule has 0 aliphatic carbocycles. The van der Waals surface area contributed by atoms with Crippen molar-refractivity contribution in [2.24, 2.45) is 5.92 Å². The summed E-state index contributed by atoms with van der Waals surface area (Å²) in [5.74, 6) is -37.3. The van der Waals surface area contributed by atoms with Gasteiger partial charge in [0.15, 0.2) is 8.32 Å². The maximum absolute atomic E-state index is 14.3. The van der Waals surface area contributed by atoms with Crippen LogP contribution in [0.25, 0.3) is 0 Å². The lowest BCUT2D eigenvalue weighted by Gasteiger charge is -2.42. The van der Waals surface area contributed by atoms with Gasteiger partial charge in [0, 0.05) is 25.6 Å². The van der Waals surface area contributed by atoms with Gasteiger partial charge in [-0.1, -0.05) is 34.6 Å². The number of halogens is 13. The Morgan fingerprint density at radius 3 is 1.40 bits per heavy atom. The zero-order valence-corrected chi connectivity index (χ0v) is 20.5. The van der Waals surface area contributed by atoms with Crippen LogP contribution in [-0.2, 0) is 4.43 Å². The molecule has 0 aliphatic rings. The lowest BCUT2D eigenvalue weighted by Crippen LogP contribution is -2.70. The molecule has 0 aromatic carbocycles. The smallest absolute Gasteiger partial charge is 0.416 e. The van der Waals surface area contributed by atoms with Gasteiger partial charge in [-0.05, 0) is 23.5 Å². The summed E-state index contributed by atoms with van der Waals surface area (Å²) in [6.45, 7) is 6.85. The minimum absolute atomic E-state index is 0.219. The van der Waals surface area contributed by atoms with Crippen LogP contribution in [0.1, 0.15) is 47.5 Å². The summed E-state index contributed by atoms with van der Waals surface area (Å²) >= 11 is 0. The van der Waals surface area contributed by atoms with Crippen LogP contribution in [0, 0.1) is 5.92 Å². The second-order valence-corrected chi connectivity index (χ2v) is 14.0. The van der Waals surface area contributed by atoms with E-state index in [0.717, 1.165) is 0 Å². The standard InChI is InChI=1S/C19H29F13O2Si/c1-6-13(9-33)10-34-35(11(2)3,12(4)5)8-7-14(20,21)15(22,23)16(24,25)17(26,27)18(28,29)19(30,31)32/h11-13,33H,6-10H2,1-5H3/t13-/m1/s1. The van der Waals surface area contributed by atoms with Crippen LogP contribution < -0.4 is 0 Å². The monoisotopic (exact) mass is 564 g/mol. The highest BCUT2D eigenvalue weighted by Crippen LogP contribution is 2.61. The minimum Gasteiger partial charge on any atom is -0.416 e. The third kappa shape index (κ3) is 6.04. The molecule has 0 aromatic heterocycles. The number of alkyl halides is 13. The van der Waals surface area contributed by atoms with Crippen LogP contribution in [0.15, 0.2) is 0 Å². The number of hydrogen-bond donors (Lipinski definition) is 1. The Morgan fingerprint density at radius 1 is 0.686 bits per heavy atom. The normalized spacial score (nSPS) is 16.4. The number of rotatable bonds is 14. The molecule has 1 N–H and O–H groups in total. The van der Waals surface area contributed by atoms with Crippen molar-refractivity contribution >= 4 is 8.32 Å². The molecule has 212 valence electrons. The van der Waals surface area contributed by atoms with Crippen LogP contribution in [0.4, 0.5) is 57.1 Å². The second kappa shape index (κ2) is 10.9. The molecule has 0 rings (SSSR count). The molecule has 0 spiro atoms. The molecule has 1 atom stereocenters. The van der Waals surface area contributed by atoms with Crippen molar-refractivity contribution in [3.8, 4) is 0 Å². The van der Waals surface area contributed by atoms with Gasteiger partial charge in [0.05, 0.1) is 0 Å². The molecular weight excluding hydrogens is 535 g/mol. The van der Waals surface area contributed by atoms with Gasteiger partial charge in [0.25, 0.3) is 0 Å². The van der Waals surface area contributed by atoms with Gasteiger partial charge in [-0.2, -0.15) is 57.1 Å². The second-order valence-electron chi connectivity index (χ2n) is 9.03. The fraction of sp³-hybridized carbons (Fsp3) is 1.00. The SMILES string of the molecule is CC[C@H](CO)CO[Si](CCC(F)(F)C(F)(F)C(F)(F)C(F)(F)C(F)(F)C(F)(F)F)(C(C)C)C(C)C. The van der Waals surface area contributed by atoms with Crippen molar-refractivity contribution in [2.45, 2.75) is 100 Å². The van der Waals surface area contributed by atoms with Crippen molar-refractivity contribution in [1.29, 1.82) is 0 Å². The predicted molar refractivity (Wildman–Crippen MR) is 103 cm³/mol. The molecule has 2 nitrogen and oxygen atoms in total. The Hall–Kier alpha value is -0.773. The van der Waals surface area contributed by atoms with Crippen LogP contribution in [0.3, 0.4) is 0 Å². The summed E-state index contributed by atoms with van der Waals surface area (Å²) in [7, 11) is -3.59. The number of hydrogen-bond acceptors (Lipinski definition) is 2. The molecule has 0 unspecified atom stereocenters. The van der Waals surface area contributed by atoms with Gasteiger partial charge in [-0.15, -0.1) is 0 Å². The van der Waals surface area contributed by atoms with E-state index in [-0.39, 0.29) is 13.2 Å². The summed E-state index contributed by atoms with van der Waals surface area (Å²) in [5, 5.41) is 9.28. The average molecular weight is 564 g/mol. The van der Waals surface area contributed by atoms with Crippen molar-refractivity contribution < 1.29 is 66.6 Å². The van der Waals surface area contributed by atoms with E-state index in [9.17, 15) is 62.2 Å². The first-order valence-electron chi connectivity index (χ1n) is 10.5. The van der Waals surface area contributed by atoms with E-state index in [1.807, 2.05) is 0 Å². The third-order valence-electron chi connectivity index (χ3n) is 6.21. The number of aliphatic hydroxyl groups is 1. The molecule has 0 aromatic rings. The molecule has 35 heavy (non-hydrogen) atoms. The fourth-order valence-electron chi connectivity index (χ4n) is 3.53. The lowest BCUT2D eigenvalue weighted by atomic mass is 9.93. The molecule has 0 saturated heterocycles. The Bertz CT molecular complexity index is 666. The lowest BCUT2D eigenvalue weighted by molar-refractivity contribution is -0.440. The molecule has 0 aliphatic heterocycles. The highest BCUT2D eigenvalue weighted by molar-refractivity contribution is 6.76. The zero-order valence-electron chi connectivity index (χ0n) is 19.5. The molecule has 0 saturated carbocycles. The predicted octanol–water partition coefficient (Wildman–Crippen LogP) is 7.92. The van der Waals surface area contributed by atoms with Crippen LogP contribution in [0.2, 0.25) is 17.1 Å². The van der Waals surface area contributed by atoms with Gasteiger partial charge < -0.3 is 9.53 Å². The third-order valence-corrected chi connectivity index (χ3v) is 11.9. The van der Waals surface area contributed by atoms with E-state index in [2.05, 4.69) is 0 Å². The highest BCUT2D eigenvalue weighted by Gasteiger charge is 2.90. The van der Waals surface area contributed by atoms with E-state index in [4.69, 9.17) is 4.43 Å². The highest BCUT2D eigenvalue weighted by atomic mass is 28.4. The van der Waals surface area contributed by atoms with Crippen LogP contribution in [0.5, 0.6) is 0 Å². The largest absolute Gasteiger partial charge is 0.460 e. The molecule has 0 heterocycles. The van der Waals surface area contributed by atoms with Gasteiger partial charge in [0.1, 0.15) is 0 Å². The molecular formula is C19H29F13O2Si. The van der Waals surface area contributed by atoms with Crippen molar-refractivity contribution in [1.82, 2.24) is 0 Å². The topological polar surface area (TPSA) is 29.5 Å². The maximum atomic E-state index is 14.3. The van der Waals surface area contributed by atoms with Gasteiger partial charge in [-0.3, -0.25) is 0 Å². The quantitative estimate of drug-likeness (QED) is 0.172. The molecule has 16 heteroatoms. The van der Waals surface area contributed by atoms with Gasteiger partial charge in [0.2, 0.25) is 0 Å². The Kier molecular flexibility index (Phi) is 10.7. The molecule has 0 amide bonds. The zero-order chi connectivity index (χ0) is 28.5. The van der Waals surface area contributed by atoms with Crippen LogP contribution >= 0.6 is 0 Å². The van der Waals surface area contributed by atoms with Crippen molar-refractivity contribution in [3.63, 3.8) is 0 Å². The Labute approximate surface area is 195 Å². The molecule has 0 radical (unpaired) electrons. The maximum Gasteiger partial charge on any atom is 0.460 e. The Balaban J connectivity index is 6.26. The van der Waals surface area contributed by atoms with E-state index >= 15 is 0 Å². The van der Waals surface area contributed by atoms with E-state index in [1.54, 1.807) is 6.92 Å². The molecule has 0 fully saturated rings. The van der Waals surface area contributed by atoms with Gasteiger partial charge >= 0.3 is 35.8 Å². The summed E-state index contributed by atoms with van der Waals surface area (Å²) < 4.78 is 180. The summed E-state index contributed by atoms with van der Waals surface area (Å²) in [5.41, 5.74) is -1.25. The van der Waals surface area contributed by atoms with Crippen LogP contribution in [-0.4, -0.2) is 62.4 Å². The minimum atomic E-state index is -7.90. The fourth-order valence-corrected chi connectivity index (χ4v) is 8.08. The first kappa shape index (κ1) is 34.2. The summed E-state index contributed by atoms with van der Waals surface area (Å²) in [6.07, 6.45) is -9.32. The summed E-state index contributed by atoms with van der Waals surface area (Å²) in [6, 6.07) is -1.04. The van der Waals surface area contributed by atoms with Crippen molar-refractivity contribution in [3.05, 3.63) is 0 Å².